The number of nitrogens with two attached hydrogens (primary N) is 1. The van der Waals surface area contributed by atoms with Gasteiger partial charge in [0.25, 0.3) is 0 Å². The standard InChI is InChI=1S/C10H14FNO2S/c11-8-1-2-9(12)10(7-8)15-6-5-14-4-3-13/h1-2,7,13H,3-6,12H2. The molecule has 0 unspecified atom stereocenters. The van der Waals surface area contributed by atoms with Gasteiger partial charge >= 0.3 is 0 Å². The van der Waals surface area contributed by atoms with Crippen molar-refractivity contribution in [2.24, 2.45) is 0 Å². The third kappa shape index (κ3) is 4.51. The van der Waals surface area contributed by atoms with Crippen LogP contribution in [0.2, 0.25) is 0 Å². The van der Waals surface area contributed by atoms with E-state index < -0.39 is 0 Å². The molecule has 0 aliphatic rings. The SMILES string of the molecule is Nc1ccc(F)cc1SCCOCCO. The summed E-state index contributed by atoms with van der Waals surface area (Å²) >= 11 is 1.44. The molecule has 0 saturated carbocycles. The Kier molecular flexibility index (Phi) is 5.45. The summed E-state index contributed by atoms with van der Waals surface area (Å²) in [6.07, 6.45) is 0. The maximum Gasteiger partial charge on any atom is 0.124 e. The molecule has 0 aliphatic heterocycles. The minimum Gasteiger partial charge on any atom is -0.398 e. The van der Waals surface area contributed by atoms with Crippen LogP contribution in [-0.2, 0) is 4.74 Å². The van der Waals surface area contributed by atoms with Gasteiger partial charge in [-0.15, -0.1) is 11.8 Å². The summed E-state index contributed by atoms with van der Waals surface area (Å²) in [5, 5.41) is 8.46. The van der Waals surface area contributed by atoms with E-state index in [2.05, 4.69) is 0 Å². The van der Waals surface area contributed by atoms with Gasteiger partial charge < -0.3 is 15.6 Å². The molecular formula is C10H14FNO2S. The molecule has 0 saturated heterocycles. The normalized spacial score (nSPS) is 10.5. The lowest BCUT2D eigenvalue weighted by Gasteiger charge is -2.05. The Morgan fingerprint density at radius 1 is 1.40 bits per heavy atom. The predicted octanol–water partition coefficient (Wildman–Crippen LogP) is 1.51. The molecule has 1 rings (SSSR count). The molecule has 0 aromatic heterocycles. The maximum atomic E-state index is 12.8. The molecule has 0 bridgehead atoms. The summed E-state index contributed by atoms with van der Waals surface area (Å²) in [5.74, 6) is 0.399. The number of thioether (sulfide) groups is 1. The van der Waals surface area contributed by atoms with Crippen molar-refractivity contribution < 1.29 is 14.2 Å². The van der Waals surface area contributed by atoms with E-state index in [0.717, 1.165) is 4.90 Å². The van der Waals surface area contributed by atoms with E-state index >= 15 is 0 Å². The zero-order valence-corrected chi connectivity index (χ0v) is 9.10. The average Bonchev–Trinajstić information content (AvgIpc) is 2.23. The molecule has 0 amide bonds. The Morgan fingerprint density at radius 3 is 2.93 bits per heavy atom. The topological polar surface area (TPSA) is 55.5 Å². The second-order valence-electron chi connectivity index (χ2n) is 2.87. The molecule has 0 radical (unpaired) electrons. The average molecular weight is 231 g/mol. The third-order valence-electron chi connectivity index (χ3n) is 1.70. The fourth-order valence-corrected chi connectivity index (χ4v) is 1.86. The van der Waals surface area contributed by atoms with E-state index in [9.17, 15) is 4.39 Å². The quantitative estimate of drug-likeness (QED) is 0.442. The monoisotopic (exact) mass is 231 g/mol. The predicted molar refractivity (Wildman–Crippen MR) is 59.4 cm³/mol. The van der Waals surface area contributed by atoms with E-state index in [1.807, 2.05) is 0 Å². The molecule has 0 spiro atoms. The number of hydrogen-bond acceptors (Lipinski definition) is 4. The molecule has 5 heteroatoms. The van der Waals surface area contributed by atoms with Gasteiger partial charge in [-0.1, -0.05) is 0 Å². The summed E-state index contributed by atoms with van der Waals surface area (Å²) in [6, 6.07) is 4.29. The fraction of sp³-hybridized carbons (Fsp3) is 0.400. The van der Waals surface area contributed by atoms with Crippen molar-refractivity contribution in [1.82, 2.24) is 0 Å². The van der Waals surface area contributed by atoms with Crippen molar-refractivity contribution in [1.29, 1.82) is 0 Å². The third-order valence-corrected chi connectivity index (χ3v) is 2.73. The highest BCUT2D eigenvalue weighted by Gasteiger charge is 2.01. The number of rotatable bonds is 6. The van der Waals surface area contributed by atoms with Crippen LogP contribution in [0.15, 0.2) is 23.1 Å². The van der Waals surface area contributed by atoms with E-state index in [1.54, 1.807) is 6.07 Å². The number of nitrogen functional groups attached to an aromatic ring is 1. The first-order chi connectivity index (χ1) is 7.24. The van der Waals surface area contributed by atoms with Crippen LogP contribution in [-0.4, -0.2) is 30.7 Å². The lowest BCUT2D eigenvalue weighted by molar-refractivity contribution is 0.103. The second-order valence-corrected chi connectivity index (χ2v) is 4.00. The summed E-state index contributed by atoms with van der Waals surface area (Å²) in [5.41, 5.74) is 6.23. The molecule has 0 atom stereocenters. The van der Waals surface area contributed by atoms with Crippen molar-refractivity contribution in [3.05, 3.63) is 24.0 Å². The largest absolute Gasteiger partial charge is 0.398 e. The number of aliphatic hydroxyl groups is 1. The summed E-state index contributed by atoms with van der Waals surface area (Å²) < 4.78 is 17.9. The van der Waals surface area contributed by atoms with Crippen LogP contribution >= 0.6 is 11.8 Å². The Bertz CT molecular complexity index is 309. The van der Waals surface area contributed by atoms with Crippen molar-refractivity contribution in [2.45, 2.75) is 4.90 Å². The lowest BCUT2D eigenvalue weighted by Crippen LogP contribution is -2.02. The molecule has 1 aromatic carbocycles. The molecule has 3 N–H and O–H groups in total. The first kappa shape index (κ1) is 12.3. The zero-order chi connectivity index (χ0) is 11.1. The maximum absolute atomic E-state index is 12.8. The van der Waals surface area contributed by atoms with Crippen LogP contribution in [0.5, 0.6) is 0 Å². The van der Waals surface area contributed by atoms with Gasteiger partial charge in [0.15, 0.2) is 0 Å². The second kappa shape index (κ2) is 6.66. The van der Waals surface area contributed by atoms with Gasteiger partial charge in [0.2, 0.25) is 0 Å². The first-order valence-corrected chi connectivity index (χ1v) is 5.59. The molecule has 0 fully saturated rings. The van der Waals surface area contributed by atoms with Gasteiger partial charge in [0.1, 0.15) is 5.82 Å². The summed E-state index contributed by atoms with van der Waals surface area (Å²) in [4.78, 5) is 0.725. The van der Waals surface area contributed by atoms with Crippen LogP contribution in [0, 0.1) is 5.82 Å². The van der Waals surface area contributed by atoms with Crippen LogP contribution < -0.4 is 5.73 Å². The van der Waals surface area contributed by atoms with Crippen LogP contribution in [0.1, 0.15) is 0 Å². The summed E-state index contributed by atoms with van der Waals surface area (Å²) in [6.45, 7) is 0.868. The van der Waals surface area contributed by atoms with Gasteiger partial charge in [0, 0.05) is 16.3 Å². The minimum atomic E-state index is -0.289. The smallest absolute Gasteiger partial charge is 0.124 e. The van der Waals surface area contributed by atoms with Crippen molar-refractivity contribution in [2.75, 3.05) is 31.3 Å². The van der Waals surface area contributed by atoms with E-state index in [-0.39, 0.29) is 12.4 Å². The highest BCUT2D eigenvalue weighted by atomic mass is 32.2. The fourth-order valence-electron chi connectivity index (χ4n) is 1.01. The molecule has 15 heavy (non-hydrogen) atoms. The van der Waals surface area contributed by atoms with Crippen LogP contribution in [0.25, 0.3) is 0 Å². The summed E-state index contributed by atoms with van der Waals surface area (Å²) in [7, 11) is 0. The van der Waals surface area contributed by atoms with Crippen molar-refractivity contribution in [3.63, 3.8) is 0 Å². The zero-order valence-electron chi connectivity index (χ0n) is 8.28. The molecule has 0 heterocycles. The number of anilines is 1. The molecular weight excluding hydrogens is 217 g/mol. The molecule has 0 aliphatic carbocycles. The van der Waals surface area contributed by atoms with Gasteiger partial charge in [0.05, 0.1) is 19.8 Å². The Hall–Kier alpha value is -0.780. The van der Waals surface area contributed by atoms with E-state index in [1.165, 1.54) is 23.9 Å². The molecule has 1 aromatic rings. The molecule has 3 nitrogen and oxygen atoms in total. The number of benzene rings is 1. The minimum absolute atomic E-state index is 0.0206. The number of halogens is 1. The van der Waals surface area contributed by atoms with Crippen molar-refractivity contribution in [3.8, 4) is 0 Å². The number of hydrogen-bond donors (Lipinski definition) is 2. The van der Waals surface area contributed by atoms with Gasteiger partial charge in [-0.2, -0.15) is 0 Å². The Labute approximate surface area is 92.4 Å². The van der Waals surface area contributed by atoms with E-state index in [0.29, 0.717) is 24.7 Å². The van der Waals surface area contributed by atoms with Gasteiger partial charge in [-0.25, -0.2) is 4.39 Å². The Balaban J connectivity index is 2.33. The van der Waals surface area contributed by atoms with Gasteiger partial charge in [-0.3, -0.25) is 0 Å². The number of ether oxygens (including phenoxy) is 1. The van der Waals surface area contributed by atoms with Crippen LogP contribution in [0.3, 0.4) is 0 Å². The lowest BCUT2D eigenvalue weighted by atomic mass is 10.3. The Morgan fingerprint density at radius 2 is 2.20 bits per heavy atom. The first-order valence-electron chi connectivity index (χ1n) is 4.60. The van der Waals surface area contributed by atoms with Crippen molar-refractivity contribution >= 4 is 17.4 Å². The highest BCUT2D eigenvalue weighted by molar-refractivity contribution is 7.99. The van der Waals surface area contributed by atoms with Gasteiger partial charge in [-0.05, 0) is 18.2 Å². The number of aliphatic hydroxyl groups excluding tert-OH is 1. The van der Waals surface area contributed by atoms with E-state index in [4.69, 9.17) is 15.6 Å². The highest BCUT2D eigenvalue weighted by Crippen LogP contribution is 2.25. The van der Waals surface area contributed by atoms with Crippen LogP contribution in [0.4, 0.5) is 10.1 Å². The molecule has 84 valence electrons.